The lowest BCUT2D eigenvalue weighted by Crippen LogP contribution is -2.25. The highest BCUT2D eigenvalue weighted by molar-refractivity contribution is 6.25. The SMILES string of the molecule is Cn1c2ccccc2c2cc3c4ccccc4n(C)c3c(N3CN(c4cccc(Oc5ccc6c7cc(C#N)ccc7n(-c7cc(C(C)(C)C)c(-c8ccccc8)cn7)c6c5)c4)c4ccccc43)c21. The van der Waals surface area contributed by atoms with Crippen LogP contribution in [-0.4, -0.2) is 25.4 Å². The minimum Gasteiger partial charge on any atom is -0.457 e. The second kappa shape index (κ2) is 15.1. The molecule has 5 heterocycles. The number of para-hydroxylation sites is 4. The molecule has 0 atom stereocenters. The summed E-state index contributed by atoms with van der Waals surface area (Å²) in [5, 5.41) is 16.9. The van der Waals surface area contributed by atoms with Gasteiger partial charge in [-0.3, -0.25) is 4.57 Å². The summed E-state index contributed by atoms with van der Waals surface area (Å²) in [4.78, 5) is 10.0. The van der Waals surface area contributed by atoms with Crippen molar-refractivity contribution in [1.29, 1.82) is 5.26 Å². The van der Waals surface area contributed by atoms with Crippen molar-refractivity contribution in [2.24, 2.45) is 14.1 Å². The van der Waals surface area contributed by atoms with E-state index in [1.807, 2.05) is 42.6 Å². The molecule has 0 fully saturated rings. The smallest absolute Gasteiger partial charge is 0.137 e. The zero-order chi connectivity index (χ0) is 46.7. The van der Waals surface area contributed by atoms with Crippen LogP contribution in [0.15, 0.2) is 182 Å². The van der Waals surface area contributed by atoms with Crippen LogP contribution in [0.4, 0.5) is 22.7 Å². The predicted molar refractivity (Wildman–Crippen MR) is 284 cm³/mol. The highest BCUT2D eigenvalue weighted by Gasteiger charge is 2.33. The van der Waals surface area contributed by atoms with Crippen LogP contribution in [0, 0.1) is 11.3 Å². The van der Waals surface area contributed by atoms with Gasteiger partial charge in [0.15, 0.2) is 0 Å². The fourth-order valence-corrected chi connectivity index (χ4v) is 11.1. The summed E-state index contributed by atoms with van der Waals surface area (Å²) in [7, 11) is 4.40. The fraction of sp³-hybridized carbons (Fsp3) is 0.115. The molecular formula is C61H47N7O. The van der Waals surface area contributed by atoms with E-state index in [1.165, 1.54) is 54.9 Å². The molecule has 4 aromatic heterocycles. The quantitative estimate of drug-likeness (QED) is 0.166. The molecule has 1 aliphatic heterocycles. The van der Waals surface area contributed by atoms with E-state index < -0.39 is 0 Å². The average molecular weight is 894 g/mol. The number of aryl methyl sites for hydroxylation is 2. The maximum atomic E-state index is 9.96. The molecule has 0 spiro atoms. The number of nitriles is 1. The first-order valence-corrected chi connectivity index (χ1v) is 23.5. The van der Waals surface area contributed by atoms with Crippen molar-refractivity contribution in [3.05, 3.63) is 193 Å². The van der Waals surface area contributed by atoms with E-state index in [0.29, 0.717) is 18.0 Å². The molecule has 0 aliphatic carbocycles. The van der Waals surface area contributed by atoms with Gasteiger partial charge in [-0.15, -0.1) is 0 Å². The van der Waals surface area contributed by atoms with Crippen molar-refractivity contribution < 1.29 is 4.74 Å². The molecule has 8 heteroatoms. The Bertz CT molecular complexity index is 4030. The lowest BCUT2D eigenvalue weighted by molar-refractivity contribution is 0.483. The van der Waals surface area contributed by atoms with Crippen molar-refractivity contribution in [1.82, 2.24) is 18.7 Å². The molecule has 0 N–H and O–H groups in total. The summed E-state index contributed by atoms with van der Waals surface area (Å²) in [6.07, 6.45) is 2.00. The number of fused-ring (bicyclic) bond motifs is 10. The van der Waals surface area contributed by atoms with Crippen molar-refractivity contribution in [3.63, 3.8) is 0 Å². The van der Waals surface area contributed by atoms with Gasteiger partial charge in [0, 0.05) is 87.0 Å². The number of hydrogen-bond acceptors (Lipinski definition) is 5. The summed E-state index contributed by atoms with van der Waals surface area (Å²) in [6.45, 7) is 7.34. The molecular weight excluding hydrogens is 847 g/mol. The second-order valence-electron chi connectivity index (χ2n) is 19.3. The van der Waals surface area contributed by atoms with Gasteiger partial charge in [0.05, 0.1) is 50.8 Å². The molecule has 1 aliphatic rings. The fourth-order valence-electron chi connectivity index (χ4n) is 11.1. The predicted octanol–water partition coefficient (Wildman–Crippen LogP) is 15.3. The summed E-state index contributed by atoms with van der Waals surface area (Å²) in [5.74, 6) is 2.23. The molecule has 12 aromatic rings. The van der Waals surface area contributed by atoms with E-state index >= 15 is 0 Å². The van der Waals surface area contributed by atoms with Crippen LogP contribution in [0.25, 0.3) is 82.4 Å². The van der Waals surface area contributed by atoms with E-state index in [0.717, 1.165) is 61.6 Å². The Balaban J connectivity index is 0.918. The Labute approximate surface area is 399 Å². The zero-order valence-electron chi connectivity index (χ0n) is 39.1. The van der Waals surface area contributed by atoms with Gasteiger partial charge < -0.3 is 23.7 Å². The Morgan fingerprint density at radius 3 is 1.87 bits per heavy atom. The maximum absolute atomic E-state index is 9.96. The van der Waals surface area contributed by atoms with Gasteiger partial charge in [-0.05, 0) is 95.4 Å². The van der Waals surface area contributed by atoms with Crippen molar-refractivity contribution >= 4 is 88.2 Å². The van der Waals surface area contributed by atoms with Crippen LogP contribution in [-0.2, 0) is 19.5 Å². The molecule has 0 amide bonds. The molecule has 8 aromatic carbocycles. The molecule has 0 unspecified atom stereocenters. The second-order valence-corrected chi connectivity index (χ2v) is 19.3. The third-order valence-corrected chi connectivity index (χ3v) is 14.3. The number of nitrogens with zero attached hydrogens (tertiary/aromatic N) is 7. The molecule has 0 radical (unpaired) electrons. The number of pyridine rings is 1. The van der Waals surface area contributed by atoms with E-state index in [1.54, 1.807) is 0 Å². The van der Waals surface area contributed by atoms with Gasteiger partial charge in [0.25, 0.3) is 0 Å². The van der Waals surface area contributed by atoms with Gasteiger partial charge in [-0.2, -0.15) is 5.26 Å². The van der Waals surface area contributed by atoms with Crippen LogP contribution in [0.5, 0.6) is 11.5 Å². The third-order valence-electron chi connectivity index (χ3n) is 14.3. The van der Waals surface area contributed by atoms with Crippen molar-refractivity contribution in [3.8, 4) is 34.5 Å². The molecule has 8 nitrogen and oxygen atoms in total. The van der Waals surface area contributed by atoms with Gasteiger partial charge in [-0.1, -0.05) is 106 Å². The van der Waals surface area contributed by atoms with E-state index in [2.05, 4.69) is 204 Å². The number of aromatic nitrogens is 4. The minimum absolute atomic E-state index is 0.159. The van der Waals surface area contributed by atoms with Crippen LogP contribution in [0.3, 0.4) is 0 Å². The average Bonchev–Trinajstić information content (AvgIpc) is 4.09. The third kappa shape index (κ3) is 6.17. The first-order chi connectivity index (χ1) is 33.6. The topological polar surface area (TPSA) is 67.2 Å². The molecule has 0 saturated heterocycles. The standard InChI is InChI=1S/C61H47N7O/c1-61(2,3)50-34-57(63-36-49(50)39-16-7-6-8-17-39)68-53-29-26-38(35-62)30-46(53)45-28-27-42(32-56(45)68)69-41-19-15-18-40(31-41)66-37-67(55-25-14-13-24-54(55)66)60-58-47(43-20-9-11-22-51(43)64(58)4)33-48-44-21-10-12-23-52(44)65(5)59(48)60/h6-34,36H,37H2,1-5H3. The Kier molecular flexibility index (Phi) is 8.86. The van der Waals surface area contributed by atoms with Gasteiger partial charge in [0.1, 0.15) is 24.0 Å². The summed E-state index contributed by atoms with van der Waals surface area (Å²) >= 11 is 0. The zero-order valence-corrected chi connectivity index (χ0v) is 39.1. The Morgan fingerprint density at radius 1 is 0.536 bits per heavy atom. The van der Waals surface area contributed by atoms with E-state index in [-0.39, 0.29) is 5.41 Å². The molecule has 13 rings (SSSR count). The number of benzene rings is 8. The molecule has 0 saturated carbocycles. The molecule has 0 bridgehead atoms. The first-order valence-electron chi connectivity index (χ1n) is 23.5. The van der Waals surface area contributed by atoms with Crippen LogP contribution < -0.4 is 14.5 Å². The summed E-state index contributed by atoms with van der Waals surface area (Å²) < 4.78 is 13.8. The lowest BCUT2D eigenvalue weighted by Gasteiger charge is -2.25. The van der Waals surface area contributed by atoms with Gasteiger partial charge in [-0.25, -0.2) is 4.98 Å². The lowest BCUT2D eigenvalue weighted by atomic mass is 9.82. The normalized spacial score (nSPS) is 12.9. The monoisotopic (exact) mass is 893 g/mol. The molecule has 69 heavy (non-hydrogen) atoms. The highest BCUT2D eigenvalue weighted by Crippen LogP contribution is 2.51. The minimum atomic E-state index is -0.159. The number of anilines is 4. The van der Waals surface area contributed by atoms with Crippen LogP contribution in [0.2, 0.25) is 0 Å². The van der Waals surface area contributed by atoms with E-state index in [4.69, 9.17) is 9.72 Å². The van der Waals surface area contributed by atoms with Crippen molar-refractivity contribution in [2.45, 2.75) is 26.2 Å². The van der Waals surface area contributed by atoms with Gasteiger partial charge in [0.2, 0.25) is 0 Å². The van der Waals surface area contributed by atoms with E-state index in [9.17, 15) is 5.26 Å². The van der Waals surface area contributed by atoms with Gasteiger partial charge >= 0.3 is 0 Å². The summed E-state index contributed by atoms with van der Waals surface area (Å²) in [6, 6.07) is 64.2. The van der Waals surface area contributed by atoms with Crippen LogP contribution in [0.1, 0.15) is 31.9 Å². The molecule has 332 valence electrons. The number of hydrogen-bond donors (Lipinski definition) is 0. The largest absolute Gasteiger partial charge is 0.457 e. The maximum Gasteiger partial charge on any atom is 0.137 e. The van der Waals surface area contributed by atoms with Crippen LogP contribution >= 0.6 is 0 Å². The Hall–Kier alpha value is -8.80. The first kappa shape index (κ1) is 40.5. The highest BCUT2D eigenvalue weighted by atomic mass is 16.5. The van der Waals surface area contributed by atoms with Crippen molar-refractivity contribution in [2.75, 3.05) is 16.5 Å². The number of rotatable bonds is 6. The Morgan fingerprint density at radius 2 is 1.17 bits per heavy atom. The summed E-state index contributed by atoms with van der Waals surface area (Å²) in [5.41, 5.74) is 15.1. The number of ether oxygens (including phenoxy) is 1.